The maximum atomic E-state index is 12.6. The van der Waals surface area contributed by atoms with Crippen molar-refractivity contribution in [2.24, 2.45) is 5.92 Å². The van der Waals surface area contributed by atoms with E-state index in [2.05, 4.69) is 10.2 Å². The molecule has 1 unspecified atom stereocenters. The van der Waals surface area contributed by atoms with Gasteiger partial charge in [0.1, 0.15) is 0 Å². The Kier molecular flexibility index (Phi) is 3.60. The first-order chi connectivity index (χ1) is 10.5. The van der Waals surface area contributed by atoms with Crippen molar-refractivity contribution >= 4 is 22.8 Å². The van der Waals surface area contributed by atoms with Crippen molar-refractivity contribution in [1.29, 1.82) is 0 Å². The minimum Gasteiger partial charge on any atom is -0.478 e. The van der Waals surface area contributed by atoms with E-state index in [4.69, 9.17) is 5.11 Å². The molecule has 1 saturated carbocycles. The van der Waals surface area contributed by atoms with Gasteiger partial charge in [0.25, 0.3) is 5.91 Å². The van der Waals surface area contributed by atoms with Crippen LogP contribution in [0.5, 0.6) is 0 Å². The Bertz CT molecular complexity index is 733. The van der Waals surface area contributed by atoms with E-state index < -0.39 is 5.97 Å². The van der Waals surface area contributed by atoms with Crippen LogP contribution in [0.2, 0.25) is 0 Å². The van der Waals surface area contributed by atoms with Crippen LogP contribution < -0.4 is 0 Å². The number of aromatic carboxylic acids is 1. The number of carbonyl (C=O) groups is 2. The van der Waals surface area contributed by atoms with Crippen LogP contribution in [-0.4, -0.2) is 45.2 Å². The Labute approximate surface area is 128 Å². The quantitative estimate of drug-likeness (QED) is 0.888. The van der Waals surface area contributed by atoms with Crippen molar-refractivity contribution in [3.8, 4) is 0 Å². The molecule has 6 heteroatoms. The maximum absolute atomic E-state index is 12.6. The fourth-order valence-electron chi connectivity index (χ4n) is 2.67. The van der Waals surface area contributed by atoms with Crippen molar-refractivity contribution in [3.63, 3.8) is 0 Å². The van der Waals surface area contributed by atoms with Crippen LogP contribution in [0.1, 0.15) is 47.0 Å². The molecule has 1 heterocycles. The molecule has 22 heavy (non-hydrogen) atoms. The highest BCUT2D eigenvalue weighted by Gasteiger charge is 2.28. The molecule has 1 aromatic heterocycles. The average Bonchev–Trinajstić information content (AvgIpc) is 3.21. The van der Waals surface area contributed by atoms with Gasteiger partial charge >= 0.3 is 5.97 Å². The van der Waals surface area contributed by atoms with Crippen LogP contribution in [0.3, 0.4) is 0 Å². The van der Waals surface area contributed by atoms with E-state index >= 15 is 0 Å². The summed E-state index contributed by atoms with van der Waals surface area (Å²) in [6.45, 7) is 2.04. The largest absolute Gasteiger partial charge is 0.478 e. The number of carbonyl (C=O) groups excluding carboxylic acids is 1. The summed E-state index contributed by atoms with van der Waals surface area (Å²) in [5.74, 6) is -0.460. The molecule has 0 aliphatic heterocycles. The molecule has 0 bridgehead atoms. The van der Waals surface area contributed by atoms with E-state index in [1.807, 2.05) is 6.92 Å². The number of hydrogen-bond acceptors (Lipinski definition) is 3. The molecule has 0 saturated heterocycles. The fraction of sp³-hybridized carbons (Fsp3) is 0.438. The summed E-state index contributed by atoms with van der Waals surface area (Å²) in [5, 5.41) is 16.5. The summed E-state index contributed by atoms with van der Waals surface area (Å²) in [4.78, 5) is 25.4. The maximum Gasteiger partial charge on any atom is 0.335 e. The van der Waals surface area contributed by atoms with Crippen molar-refractivity contribution < 1.29 is 14.7 Å². The number of nitrogens with zero attached hydrogens (tertiary/aromatic N) is 2. The second-order valence-electron chi connectivity index (χ2n) is 6.08. The van der Waals surface area contributed by atoms with E-state index in [0.29, 0.717) is 10.9 Å². The molecule has 2 N–H and O–H groups in total. The Hall–Kier alpha value is -2.37. The molecule has 1 atom stereocenters. The van der Waals surface area contributed by atoms with Crippen LogP contribution in [0.4, 0.5) is 0 Å². The predicted octanol–water partition coefficient (Wildman–Crippen LogP) is 2.52. The third-order valence-electron chi connectivity index (χ3n) is 4.37. The minimum atomic E-state index is -1.02. The summed E-state index contributed by atoms with van der Waals surface area (Å²) >= 11 is 0. The fourth-order valence-corrected chi connectivity index (χ4v) is 2.67. The van der Waals surface area contributed by atoms with Crippen molar-refractivity contribution in [1.82, 2.24) is 15.1 Å². The second-order valence-corrected chi connectivity index (χ2v) is 6.08. The molecule has 2 aromatic rings. The van der Waals surface area contributed by atoms with Gasteiger partial charge in [-0.3, -0.25) is 9.89 Å². The van der Waals surface area contributed by atoms with Gasteiger partial charge in [0.2, 0.25) is 0 Å². The number of nitrogens with one attached hydrogen (secondary N) is 1. The summed E-state index contributed by atoms with van der Waals surface area (Å²) in [6.07, 6.45) is 3.50. The smallest absolute Gasteiger partial charge is 0.335 e. The molecular formula is C16H19N3O3. The summed E-state index contributed by atoms with van der Waals surface area (Å²) in [5.41, 5.74) is 1.09. The number of H-pyrrole nitrogens is 1. The van der Waals surface area contributed by atoms with Gasteiger partial charge in [-0.2, -0.15) is 5.10 Å². The molecule has 3 rings (SSSR count). The first-order valence-corrected chi connectivity index (χ1v) is 7.46. The molecule has 0 radical (unpaired) electrons. The molecule has 116 valence electrons. The molecular weight excluding hydrogens is 282 g/mol. The number of carboxylic acids is 1. The first-order valence-electron chi connectivity index (χ1n) is 7.46. The summed E-state index contributed by atoms with van der Waals surface area (Å²) in [6, 6.07) is 4.77. The molecule has 0 spiro atoms. The third kappa shape index (κ3) is 2.68. The number of hydrogen-bond donors (Lipinski definition) is 2. The lowest BCUT2D eigenvalue weighted by Gasteiger charge is -2.24. The molecule has 1 aliphatic carbocycles. The minimum absolute atomic E-state index is 0.148. The third-order valence-corrected chi connectivity index (χ3v) is 4.37. The predicted molar refractivity (Wildman–Crippen MR) is 81.9 cm³/mol. The number of aromatic nitrogens is 2. The highest BCUT2D eigenvalue weighted by atomic mass is 16.4. The molecule has 1 aromatic carbocycles. The highest BCUT2D eigenvalue weighted by molar-refractivity contribution is 6.06. The van der Waals surface area contributed by atoms with Crippen LogP contribution >= 0.6 is 0 Å². The second kappa shape index (κ2) is 5.44. The van der Waals surface area contributed by atoms with Gasteiger partial charge in [0, 0.05) is 18.5 Å². The average molecular weight is 301 g/mol. The number of amides is 1. The Morgan fingerprint density at radius 2 is 2.18 bits per heavy atom. The van der Waals surface area contributed by atoms with Crippen LogP contribution in [0.15, 0.2) is 18.2 Å². The molecule has 1 aliphatic rings. The van der Waals surface area contributed by atoms with E-state index in [-0.39, 0.29) is 23.2 Å². The normalized spacial score (nSPS) is 15.7. The zero-order chi connectivity index (χ0) is 15.9. The van der Waals surface area contributed by atoms with Crippen LogP contribution in [0.25, 0.3) is 10.9 Å². The Balaban J connectivity index is 1.89. The standard InChI is InChI=1S/C16H19N3O3/c1-9(7-10-3-4-10)19(2)15(20)14-12-8-11(16(21)22)5-6-13(12)17-18-14/h5-6,8-10H,3-4,7H2,1-2H3,(H,17,18)(H,21,22). The van der Waals surface area contributed by atoms with Crippen LogP contribution in [-0.2, 0) is 0 Å². The van der Waals surface area contributed by atoms with Gasteiger partial charge in [0.15, 0.2) is 5.69 Å². The van der Waals surface area contributed by atoms with E-state index in [9.17, 15) is 9.59 Å². The van der Waals surface area contributed by atoms with Gasteiger partial charge in [-0.1, -0.05) is 12.8 Å². The topological polar surface area (TPSA) is 86.3 Å². The number of aromatic amines is 1. The lowest BCUT2D eigenvalue weighted by Crippen LogP contribution is -2.35. The van der Waals surface area contributed by atoms with Crippen molar-refractivity contribution in [2.75, 3.05) is 7.05 Å². The zero-order valence-electron chi connectivity index (χ0n) is 12.7. The van der Waals surface area contributed by atoms with Crippen molar-refractivity contribution in [2.45, 2.75) is 32.2 Å². The monoisotopic (exact) mass is 301 g/mol. The number of carboxylic acid groups (broad SMARTS) is 1. The van der Waals surface area contributed by atoms with Gasteiger partial charge < -0.3 is 10.0 Å². The summed E-state index contributed by atoms with van der Waals surface area (Å²) < 4.78 is 0. The highest BCUT2D eigenvalue weighted by Crippen LogP contribution is 2.34. The van der Waals surface area contributed by atoms with Gasteiger partial charge in [-0.05, 0) is 37.5 Å². The van der Waals surface area contributed by atoms with Gasteiger partial charge in [-0.15, -0.1) is 0 Å². The SMILES string of the molecule is CC(CC1CC1)N(C)C(=O)c1n[nH]c2ccc(C(=O)O)cc12. The van der Waals surface area contributed by atoms with E-state index in [0.717, 1.165) is 12.3 Å². The van der Waals surface area contributed by atoms with E-state index in [1.165, 1.54) is 25.0 Å². The lowest BCUT2D eigenvalue weighted by atomic mass is 10.1. The number of benzene rings is 1. The lowest BCUT2D eigenvalue weighted by molar-refractivity contribution is 0.0693. The molecule has 6 nitrogen and oxygen atoms in total. The van der Waals surface area contributed by atoms with E-state index in [1.54, 1.807) is 18.0 Å². The van der Waals surface area contributed by atoms with Gasteiger partial charge in [0.05, 0.1) is 11.1 Å². The van der Waals surface area contributed by atoms with Gasteiger partial charge in [-0.25, -0.2) is 4.79 Å². The van der Waals surface area contributed by atoms with Crippen LogP contribution in [0, 0.1) is 5.92 Å². The van der Waals surface area contributed by atoms with Crippen molar-refractivity contribution in [3.05, 3.63) is 29.5 Å². The molecule has 1 fully saturated rings. The Morgan fingerprint density at radius 1 is 1.45 bits per heavy atom. The Morgan fingerprint density at radius 3 is 2.82 bits per heavy atom. The summed E-state index contributed by atoms with van der Waals surface area (Å²) in [7, 11) is 1.77. The number of fused-ring (bicyclic) bond motifs is 1. The zero-order valence-corrected chi connectivity index (χ0v) is 12.7. The molecule has 1 amide bonds. The first kappa shape index (κ1) is 14.6. The number of rotatable bonds is 5.